The van der Waals surface area contributed by atoms with Gasteiger partial charge in [0.1, 0.15) is 17.9 Å². The maximum Gasteiger partial charge on any atom is 0.240 e. The van der Waals surface area contributed by atoms with Gasteiger partial charge in [-0.3, -0.25) is 4.79 Å². The Balaban J connectivity index is 2.04. The molecule has 98 valence electrons. The van der Waals surface area contributed by atoms with Crippen LogP contribution in [-0.2, 0) is 4.79 Å². The van der Waals surface area contributed by atoms with E-state index in [9.17, 15) is 4.79 Å². The van der Waals surface area contributed by atoms with Gasteiger partial charge in [-0.15, -0.1) is 0 Å². The van der Waals surface area contributed by atoms with Gasteiger partial charge in [0.05, 0.1) is 0 Å². The van der Waals surface area contributed by atoms with E-state index in [0.717, 1.165) is 0 Å². The van der Waals surface area contributed by atoms with Gasteiger partial charge in [-0.1, -0.05) is 0 Å². The van der Waals surface area contributed by atoms with Crippen LogP contribution in [0, 0.1) is 0 Å². The summed E-state index contributed by atoms with van der Waals surface area (Å²) in [6, 6.07) is 5.24. The highest BCUT2D eigenvalue weighted by Crippen LogP contribution is 2.35. The molecule has 1 aromatic rings. The van der Waals surface area contributed by atoms with Crippen molar-refractivity contribution in [1.29, 1.82) is 0 Å². The average Bonchev–Trinajstić information content (AvgIpc) is 2.82. The molecule has 1 aromatic carbocycles. The Morgan fingerprint density at radius 3 is 2.89 bits per heavy atom. The topological polar surface area (TPSA) is 82.8 Å². The van der Waals surface area contributed by atoms with E-state index in [0.29, 0.717) is 17.2 Å². The van der Waals surface area contributed by atoms with Crippen molar-refractivity contribution in [2.75, 3.05) is 20.4 Å². The first kappa shape index (κ1) is 12.5. The third kappa shape index (κ3) is 2.33. The summed E-state index contributed by atoms with van der Waals surface area (Å²) in [5.74, 6) is 1.46. The fourth-order valence-electron chi connectivity index (χ4n) is 1.46. The Labute approximate surface area is 105 Å². The van der Waals surface area contributed by atoms with E-state index in [4.69, 9.17) is 19.9 Å². The van der Waals surface area contributed by atoms with Gasteiger partial charge >= 0.3 is 0 Å². The van der Waals surface area contributed by atoms with Crippen molar-refractivity contribution >= 4 is 5.91 Å². The number of likely N-dealkylation sites (N-methyl/N-ethyl adjacent to an activating group) is 1. The van der Waals surface area contributed by atoms with Crippen LogP contribution < -0.4 is 25.3 Å². The number of carbonyl (C=O) groups is 1. The van der Waals surface area contributed by atoms with Crippen molar-refractivity contribution in [2.24, 2.45) is 5.73 Å². The van der Waals surface area contributed by atoms with Crippen LogP contribution in [0.3, 0.4) is 0 Å². The monoisotopic (exact) mass is 252 g/mol. The van der Waals surface area contributed by atoms with Gasteiger partial charge < -0.3 is 25.3 Å². The predicted octanol–water partition coefficient (Wildman–Crippen LogP) is 0.258. The third-order valence-electron chi connectivity index (χ3n) is 2.97. The lowest BCUT2D eigenvalue weighted by molar-refractivity contribution is -0.124. The average molecular weight is 252 g/mol. The molecular weight excluding hydrogens is 236 g/mol. The fraction of sp³-hybridized carbons (Fsp3) is 0.417. The number of fused-ring (bicyclic) bond motifs is 1. The molecule has 2 rings (SSSR count). The molecule has 1 aliphatic heterocycles. The number of ether oxygens (including phenoxy) is 3. The summed E-state index contributed by atoms with van der Waals surface area (Å²) < 4.78 is 16.0. The summed E-state index contributed by atoms with van der Waals surface area (Å²) in [4.78, 5) is 11.3. The van der Waals surface area contributed by atoms with Crippen LogP contribution in [-0.4, -0.2) is 31.9 Å². The molecule has 0 saturated carbocycles. The second-order valence-electron chi connectivity index (χ2n) is 4.25. The van der Waals surface area contributed by atoms with Gasteiger partial charge in [0.2, 0.25) is 12.7 Å². The Kier molecular flexibility index (Phi) is 3.29. The summed E-state index contributed by atoms with van der Waals surface area (Å²) >= 11 is 0. The third-order valence-corrected chi connectivity index (χ3v) is 2.97. The quantitative estimate of drug-likeness (QED) is 0.785. The van der Waals surface area contributed by atoms with Crippen LogP contribution >= 0.6 is 0 Å². The molecule has 6 heteroatoms. The fourth-order valence-corrected chi connectivity index (χ4v) is 1.46. The first-order valence-corrected chi connectivity index (χ1v) is 5.56. The molecule has 0 aliphatic carbocycles. The number of hydrogen-bond acceptors (Lipinski definition) is 5. The number of benzene rings is 1. The van der Waals surface area contributed by atoms with E-state index in [1.165, 1.54) is 0 Å². The van der Waals surface area contributed by atoms with Gasteiger partial charge in [0, 0.05) is 6.07 Å². The van der Waals surface area contributed by atoms with Gasteiger partial charge in [-0.25, -0.2) is 0 Å². The van der Waals surface area contributed by atoms with E-state index in [1.54, 1.807) is 32.2 Å². The Morgan fingerprint density at radius 2 is 2.22 bits per heavy atom. The first-order valence-electron chi connectivity index (χ1n) is 5.56. The summed E-state index contributed by atoms with van der Waals surface area (Å²) in [7, 11) is 1.66. The first-order chi connectivity index (χ1) is 8.55. The minimum absolute atomic E-state index is 0.137. The minimum atomic E-state index is -0.906. The van der Waals surface area contributed by atoms with Crippen LogP contribution in [0.4, 0.5) is 0 Å². The maximum absolute atomic E-state index is 11.3. The molecule has 0 bridgehead atoms. The number of amides is 1. The van der Waals surface area contributed by atoms with E-state index in [2.05, 4.69) is 5.32 Å². The van der Waals surface area contributed by atoms with Crippen LogP contribution in [0.15, 0.2) is 18.2 Å². The van der Waals surface area contributed by atoms with Crippen molar-refractivity contribution < 1.29 is 19.0 Å². The summed E-state index contributed by atoms with van der Waals surface area (Å²) in [6.07, 6.45) is 0. The molecule has 0 saturated heterocycles. The van der Waals surface area contributed by atoms with Crippen molar-refractivity contribution in [3.8, 4) is 17.2 Å². The van der Waals surface area contributed by atoms with Crippen LogP contribution in [0.2, 0.25) is 0 Å². The Morgan fingerprint density at radius 1 is 1.50 bits per heavy atom. The normalized spacial score (nSPS) is 16.1. The molecule has 1 atom stereocenters. The summed E-state index contributed by atoms with van der Waals surface area (Å²) in [5.41, 5.74) is 4.40. The number of nitrogens with two attached hydrogens (primary N) is 1. The second-order valence-corrected chi connectivity index (χ2v) is 4.25. The molecule has 6 nitrogen and oxygen atoms in total. The van der Waals surface area contributed by atoms with Crippen LogP contribution in [0.1, 0.15) is 6.92 Å². The van der Waals surface area contributed by atoms with E-state index < -0.39 is 11.4 Å². The zero-order valence-electron chi connectivity index (χ0n) is 10.4. The molecule has 0 spiro atoms. The predicted molar refractivity (Wildman–Crippen MR) is 64.7 cm³/mol. The van der Waals surface area contributed by atoms with Crippen molar-refractivity contribution in [3.63, 3.8) is 0 Å². The number of rotatable bonds is 5. The lowest BCUT2D eigenvalue weighted by atomic mass is 10.0. The SMILES string of the molecule is CNC(C)(COc1ccc2c(c1)OCO2)C(N)=O. The number of carbonyl (C=O) groups excluding carboxylic acids is 1. The largest absolute Gasteiger partial charge is 0.491 e. The molecule has 1 amide bonds. The van der Waals surface area contributed by atoms with E-state index in [1.807, 2.05) is 0 Å². The van der Waals surface area contributed by atoms with Crippen molar-refractivity contribution in [1.82, 2.24) is 5.32 Å². The number of primary amides is 1. The lowest BCUT2D eigenvalue weighted by Crippen LogP contribution is -2.55. The maximum atomic E-state index is 11.3. The highest BCUT2D eigenvalue weighted by molar-refractivity contribution is 5.84. The Bertz CT molecular complexity index is 463. The standard InChI is InChI=1S/C12H16N2O4/c1-12(14-2,11(13)15)6-16-8-3-4-9-10(5-8)18-7-17-9/h3-5,14H,6-7H2,1-2H3,(H2,13,15). The van der Waals surface area contributed by atoms with Gasteiger partial charge in [-0.05, 0) is 26.1 Å². The van der Waals surface area contributed by atoms with Crippen LogP contribution in [0.25, 0.3) is 0 Å². The van der Waals surface area contributed by atoms with E-state index in [-0.39, 0.29) is 13.4 Å². The molecule has 0 fully saturated rings. The molecule has 1 heterocycles. The zero-order valence-corrected chi connectivity index (χ0v) is 10.4. The number of hydrogen-bond donors (Lipinski definition) is 2. The highest BCUT2D eigenvalue weighted by Gasteiger charge is 2.30. The summed E-state index contributed by atoms with van der Waals surface area (Å²) in [6.45, 7) is 2.04. The number of nitrogens with one attached hydrogen (secondary N) is 1. The van der Waals surface area contributed by atoms with Crippen LogP contribution in [0.5, 0.6) is 17.2 Å². The highest BCUT2D eigenvalue weighted by atomic mass is 16.7. The van der Waals surface area contributed by atoms with Gasteiger partial charge in [-0.2, -0.15) is 0 Å². The smallest absolute Gasteiger partial charge is 0.240 e. The van der Waals surface area contributed by atoms with Crippen molar-refractivity contribution in [3.05, 3.63) is 18.2 Å². The molecule has 18 heavy (non-hydrogen) atoms. The summed E-state index contributed by atoms with van der Waals surface area (Å²) in [5, 5.41) is 2.84. The van der Waals surface area contributed by atoms with E-state index >= 15 is 0 Å². The second kappa shape index (κ2) is 4.73. The molecule has 0 aromatic heterocycles. The Hall–Kier alpha value is -1.95. The molecule has 1 unspecified atom stereocenters. The zero-order chi connectivity index (χ0) is 13.2. The minimum Gasteiger partial charge on any atom is -0.491 e. The lowest BCUT2D eigenvalue weighted by Gasteiger charge is -2.25. The van der Waals surface area contributed by atoms with Gasteiger partial charge in [0.15, 0.2) is 11.5 Å². The molecular formula is C12H16N2O4. The molecule has 3 N–H and O–H groups in total. The molecule has 0 radical (unpaired) electrons. The molecule has 1 aliphatic rings. The van der Waals surface area contributed by atoms with Crippen molar-refractivity contribution in [2.45, 2.75) is 12.5 Å². The van der Waals surface area contributed by atoms with Gasteiger partial charge in [0.25, 0.3) is 0 Å².